The van der Waals surface area contributed by atoms with Crippen molar-refractivity contribution in [3.8, 4) is 12.1 Å². The predicted octanol–water partition coefficient (Wildman–Crippen LogP) is 3.39. The number of carbonyl (C=O) groups is 2. The number of carbonyl (C=O) groups excluding carboxylic acids is 2. The Morgan fingerprint density at radius 2 is 1.65 bits per heavy atom. The van der Waals surface area contributed by atoms with Crippen molar-refractivity contribution in [2.75, 3.05) is 0 Å². The van der Waals surface area contributed by atoms with Crippen LogP contribution in [0.5, 0.6) is 0 Å². The maximum Gasteiger partial charge on any atom is 0.195 e. The summed E-state index contributed by atoms with van der Waals surface area (Å²) < 4.78 is 0. The molecule has 2 aromatic rings. The maximum atomic E-state index is 12.6. The average molecular weight is 298 g/mol. The second kappa shape index (κ2) is 5.36. The van der Waals surface area contributed by atoms with E-state index in [9.17, 15) is 14.9 Å². The van der Waals surface area contributed by atoms with E-state index < -0.39 is 0 Å². The number of ketones is 2. The molecule has 0 N–H and O–H groups in total. The molecule has 23 heavy (non-hydrogen) atoms. The zero-order chi connectivity index (χ0) is 16.6. The van der Waals surface area contributed by atoms with Gasteiger partial charge in [0, 0.05) is 22.3 Å². The fourth-order valence-electron chi connectivity index (χ4n) is 2.65. The largest absolute Gasteiger partial charge is 0.295 e. The van der Waals surface area contributed by atoms with E-state index in [-0.39, 0.29) is 17.1 Å². The van der Waals surface area contributed by atoms with Crippen molar-refractivity contribution in [3.63, 3.8) is 0 Å². The van der Waals surface area contributed by atoms with E-state index in [1.54, 1.807) is 42.5 Å². The van der Waals surface area contributed by atoms with E-state index in [0.29, 0.717) is 33.4 Å². The van der Waals surface area contributed by atoms with Crippen molar-refractivity contribution < 1.29 is 9.59 Å². The van der Waals surface area contributed by atoms with E-state index in [0.717, 1.165) is 0 Å². The zero-order valence-corrected chi connectivity index (χ0v) is 12.3. The van der Waals surface area contributed by atoms with Crippen molar-refractivity contribution in [1.29, 1.82) is 10.5 Å². The highest BCUT2D eigenvalue weighted by atomic mass is 16.1. The number of fused-ring (bicyclic) bond motifs is 1. The van der Waals surface area contributed by atoms with Gasteiger partial charge < -0.3 is 0 Å². The Morgan fingerprint density at radius 1 is 0.957 bits per heavy atom. The maximum absolute atomic E-state index is 12.6. The van der Waals surface area contributed by atoms with Crippen LogP contribution < -0.4 is 0 Å². The number of nitrogens with zero attached hydrogens (tertiary/aromatic N) is 2. The summed E-state index contributed by atoms with van der Waals surface area (Å²) in [5.41, 5.74) is 3.02. The van der Waals surface area contributed by atoms with Gasteiger partial charge in [0.05, 0.1) is 17.2 Å². The summed E-state index contributed by atoms with van der Waals surface area (Å²) in [5.74, 6) is -0.360. The van der Waals surface area contributed by atoms with Gasteiger partial charge in [-0.3, -0.25) is 9.59 Å². The minimum atomic E-state index is -0.239. The molecule has 0 amide bonds. The van der Waals surface area contributed by atoms with E-state index in [2.05, 4.69) is 6.07 Å². The van der Waals surface area contributed by atoms with E-state index in [1.165, 1.54) is 6.92 Å². The molecule has 4 nitrogen and oxygen atoms in total. The molecule has 0 spiro atoms. The Balaban J connectivity index is 2.21. The molecule has 0 radical (unpaired) electrons. The quantitative estimate of drug-likeness (QED) is 0.796. The molecular weight excluding hydrogens is 288 g/mol. The third-order valence-corrected chi connectivity index (χ3v) is 3.83. The van der Waals surface area contributed by atoms with Crippen LogP contribution in [0.3, 0.4) is 0 Å². The van der Waals surface area contributed by atoms with Crippen LogP contribution in [0.4, 0.5) is 0 Å². The van der Waals surface area contributed by atoms with Crippen LogP contribution in [0, 0.1) is 22.7 Å². The van der Waals surface area contributed by atoms with Gasteiger partial charge in [-0.2, -0.15) is 10.5 Å². The standard InChI is InChI=1S/C19H10N2O2/c1-11(22)14-6-7-15-16(8-14)17(10-21)18(19(15)23)13-4-2-12(9-20)3-5-13/h2-8H,1H3. The number of nitriles is 2. The van der Waals surface area contributed by atoms with E-state index >= 15 is 0 Å². The minimum Gasteiger partial charge on any atom is -0.295 e. The molecule has 108 valence electrons. The Bertz CT molecular complexity index is 968. The highest BCUT2D eigenvalue weighted by molar-refractivity contribution is 6.41. The van der Waals surface area contributed by atoms with Gasteiger partial charge in [-0.05, 0) is 36.8 Å². The summed E-state index contributed by atoms with van der Waals surface area (Å²) in [6, 6.07) is 15.4. The van der Waals surface area contributed by atoms with Crippen LogP contribution in [0.15, 0.2) is 42.5 Å². The third kappa shape index (κ3) is 2.23. The first-order chi connectivity index (χ1) is 11.1. The van der Waals surface area contributed by atoms with Gasteiger partial charge in [-0.15, -0.1) is 0 Å². The highest BCUT2D eigenvalue weighted by Gasteiger charge is 2.31. The molecule has 1 aliphatic carbocycles. The second-order valence-corrected chi connectivity index (χ2v) is 5.20. The van der Waals surface area contributed by atoms with Gasteiger partial charge in [-0.25, -0.2) is 0 Å². The van der Waals surface area contributed by atoms with Crippen molar-refractivity contribution in [2.24, 2.45) is 0 Å². The molecule has 2 aromatic carbocycles. The molecule has 0 fully saturated rings. The molecule has 3 rings (SSSR count). The van der Waals surface area contributed by atoms with Crippen LogP contribution in [0.2, 0.25) is 0 Å². The molecule has 0 saturated carbocycles. The highest BCUT2D eigenvalue weighted by Crippen LogP contribution is 2.38. The monoisotopic (exact) mass is 298 g/mol. The van der Waals surface area contributed by atoms with Gasteiger partial charge in [-0.1, -0.05) is 18.2 Å². The van der Waals surface area contributed by atoms with Gasteiger partial charge in [0.2, 0.25) is 0 Å². The van der Waals surface area contributed by atoms with E-state index in [1.807, 2.05) is 6.07 Å². The lowest BCUT2D eigenvalue weighted by Gasteiger charge is -2.02. The summed E-state index contributed by atoms with van der Waals surface area (Å²) in [4.78, 5) is 24.2. The van der Waals surface area contributed by atoms with Crippen LogP contribution >= 0.6 is 0 Å². The van der Waals surface area contributed by atoms with Crippen LogP contribution in [0.25, 0.3) is 11.1 Å². The SMILES string of the molecule is CC(=O)c1ccc2c(c1)C(C#N)=C(c1ccc(C#N)cc1)C2=O. The number of hydrogen-bond acceptors (Lipinski definition) is 4. The third-order valence-electron chi connectivity index (χ3n) is 3.83. The van der Waals surface area contributed by atoms with Crippen molar-refractivity contribution in [2.45, 2.75) is 6.92 Å². The molecule has 0 bridgehead atoms. The smallest absolute Gasteiger partial charge is 0.195 e. The number of allylic oxidation sites excluding steroid dienone is 2. The second-order valence-electron chi connectivity index (χ2n) is 5.20. The van der Waals surface area contributed by atoms with Gasteiger partial charge in [0.25, 0.3) is 0 Å². The molecule has 0 aromatic heterocycles. The van der Waals surface area contributed by atoms with Crippen molar-refractivity contribution in [3.05, 3.63) is 70.3 Å². The lowest BCUT2D eigenvalue weighted by Crippen LogP contribution is -2.00. The summed E-state index contributed by atoms with van der Waals surface area (Å²) in [6.07, 6.45) is 0. The first kappa shape index (κ1) is 14.4. The first-order valence-corrected chi connectivity index (χ1v) is 6.91. The number of rotatable bonds is 2. The molecule has 1 aliphatic rings. The number of benzene rings is 2. The van der Waals surface area contributed by atoms with Crippen LogP contribution in [0.1, 0.15) is 44.3 Å². The summed E-state index contributed by atoms with van der Waals surface area (Å²) in [7, 11) is 0. The first-order valence-electron chi connectivity index (χ1n) is 6.91. The zero-order valence-electron chi connectivity index (χ0n) is 12.3. The summed E-state index contributed by atoms with van der Waals surface area (Å²) in [6.45, 7) is 1.44. The fourth-order valence-corrected chi connectivity index (χ4v) is 2.65. The Morgan fingerprint density at radius 3 is 2.22 bits per heavy atom. The number of Topliss-reactive ketones (excluding diaryl/α,β-unsaturated/α-hetero) is 2. The Kier molecular flexibility index (Phi) is 3.37. The summed E-state index contributed by atoms with van der Waals surface area (Å²) in [5, 5.41) is 18.4. The predicted molar refractivity (Wildman–Crippen MR) is 84.4 cm³/mol. The van der Waals surface area contributed by atoms with Crippen molar-refractivity contribution in [1.82, 2.24) is 0 Å². The van der Waals surface area contributed by atoms with Gasteiger partial charge in [0.1, 0.15) is 6.07 Å². The average Bonchev–Trinajstić information content (AvgIpc) is 2.86. The fraction of sp³-hybridized carbons (Fsp3) is 0.0526. The van der Waals surface area contributed by atoms with Gasteiger partial charge in [0.15, 0.2) is 11.6 Å². The lowest BCUT2D eigenvalue weighted by atomic mass is 9.99. The topological polar surface area (TPSA) is 81.7 Å². The molecule has 4 heteroatoms. The molecular formula is C19H10N2O2. The minimum absolute atomic E-state index is 0.121. The van der Waals surface area contributed by atoms with Gasteiger partial charge >= 0.3 is 0 Å². The molecule has 0 unspecified atom stereocenters. The molecule has 0 atom stereocenters. The molecule has 0 saturated heterocycles. The van der Waals surface area contributed by atoms with E-state index in [4.69, 9.17) is 5.26 Å². The molecule has 0 aliphatic heterocycles. The van der Waals surface area contributed by atoms with Crippen LogP contribution in [-0.4, -0.2) is 11.6 Å². The summed E-state index contributed by atoms with van der Waals surface area (Å²) >= 11 is 0. The Hall–Kier alpha value is -3.50. The lowest BCUT2D eigenvalue weighted by molar-refractivity contribution is 0.101. The normalized spacial score (nSPS) is 12.6. The molecule has 0 heterocycles. The van der Waals surface area contributed by atoms with Crippen LogP contribution in [-0.2, 0) is 0 Å². The Labute approximate surface area is 132 Å². The van der Waals surface area contributed by atoms with Crippen molar-refractivity contribution >= 4 is 22.7 Å². The number of hydrogen-bond donors (Lipinski definition) is 0.